The molecule has 1 aliphatic heterocycles. The highest BCUT2D eigenvalue weighted by molar-refractivity contribution is 7.49. The van der Waals surface area contributed by atoms with Crippen molar-refractivity contribution >= 4 is 15.6 Å². The monoisotopic (exact) mass is 596 g/mol. The Morgan fingerprint density at radius 1 is 0.488 bits per heavy atom. The van der Waals surface area contributed by atoms with E-state index in [2.05, 4.69) is 0 Å². The lowest BCUT2D eigenvalue weighted by atomic mass is 10.2. The first kappa shape index (κ1) is 28.9. The third kappa shape index (κ3) is 8.95. The van der Waals surface area contributed by atoms with Crippen molar-refractivity contribution < 1.29 is 41.0 Å². The van der Waals surface area contributed by atoms with Crippen LogP contribution in [0.2, 0.25) is 0 Å². The lowest BCUT2D eigenvalue weighted by Crippen LogP contribution is -2.21. The van der Waals surface area contributed by atoms with Crippen molar-refractivity contribution in [1.82, 2.24) is 0 Å². The molecule has 11 heteroatoms. The Kier molecular flexibility index (Phi) is 9.78. The number of benzene rings is 4. The third-order valence-corrected chi connectivity index (χ3v) is 8.54. The van der Waals surface area contributed by atoms with Crippen molar-refractivity contribution in [2.45, 2.75) is 25.0 Å². The van der Waals surface area contributed by atoms with E-state index >= 15 is 0 Å². The molecule has 0 spiro atoms. The molecule has 2 atom stereocenters. The normalized spacial score (nSPS) is 17.1. The van der Waals surface area contributed by atoms with Gasteiger partial charge in [0.1, 0.15) is 23.0 Å². The summed E-state index contributed by atoms with van der Waals surface area (Å²) >= 11 is 0. The molecule has 0 aliphatic carbocycles. The maximum absolute atomic E-state index is 13.6. The maximum atomic E-state index is 13.6. The predicted molar refractivity (Wildman–Crippen MR) is 153 cm³/mol. The minimum absolute atomic E-state index is 0.0495. The lowest BCUT2D eigenvalue weighted by Gasteiger charge is -2.22. The fraction of sp³-hybridized carbons (Fsp3) is 0.200. The maximum Gasteiger partial charge on any atom is 0.587 e. The molecule has 0 aromatic heterocycles. The van der Waals surface area contributed by atoms with E-state index in [1.54, 1.807) is 97.1 Å². The number of phosphoric acid groups is 2. The van der Waals surface area contributed by atoms with Crippen LogP contribution in [0.5, 0.6) is 23.0 Å². The van der Waals surface area contributed by atoms with Crippen LogP contribution in [0, 0.1) is 0 Å². The Hall–Kier alpha value is -3.58. The number of hydrogen-bond donors (Lipinski definition) is 0. The molecule has 0 radical (unpaired) electrons. The standard InChI is InChI=1S/C30H30O9P2/c31-40(36-25-13-5-1-6-14-25,37-26-15-7-2-8-16-26)33-23-29-21-22-30(35-29)24-34-41(32,38-27-17-9-3-10-18-27)39-28-19-11-4-12-20-28/h1-20,29-30H,21-24H2. The second kappa shape index (κ2) is 13.9. The second-order valence-corrected chi connectivity index (χ2v) is 12.1. The summed E-state index contributed by atoms with van der Waals surface area (Å²) in [6, 6.07) is 34.7. The molecule has 9 nitrogen and oxygen atoms in total. The van der Waals surface area contributed by atoms with Crippen molar-refractivity contribution in [3.8, 4) is 23.0 Å². The van der Waals surface area contributed by atoms with Crippen molar-refractivity contribution in [1.29, 1.82) is 0 Å². The van der Waals surface area contributed by atoms with Crippen LogP contribution in [0.15, 0.2) is 121 Å². The number of rotatable bonds is 14. The van der Waals surface area contributed by atoms with Crippen LogP contribution in [0.25, 0.3) is 0 Å². The second-order valence-electron chi connectivity index (χ2n) is 9.06. The summed E-state index contributed by atoms with van der Waals surface area (Å²) in [4.78, 5) is 0. The van der Waals surface area contributed by atoms with E-state index in [1.807, 2.05) is 24.3 Å². The SMILES string of the molecule is O=P(OCC1CCC(COP(=O)(Oc2ccccc2)Oc2ccccc2)O1)(Oc1ccccc1)Oc1ccccc1. The molecule has 1 aliphatic rings. The average Bonchev–Trinajstić information content (AvgIpc) is 3.45. The summed E-state index contributed by atoms with van der Waals surface area (Å²) in [5.74, 6) is 1.38. The summed E-state index contributed by atoms with van der Waals surface area (Å²) in [5.41, 5.74) is 0. The van der Waals surface area contributed by atoms with E-state index in [4.69, 9.17) is 31.9 Å². The van der Waals surface area contributed by atoms with Gasteiger partial charge in [-0.05, 0) is 61.4 Å². The van der Waals surface area contributed by atoms with Gasteiger partial charge in [-0.3, -0.25) is 9.05 Å². The molecule has 1 saturated heterocycles. The van der Waals surface area contributed by atoms with E-state index < -0.39 is 27.9 Å². The molecule has 5 rings (SSSR count). The Balaban J connectivity index is 1.19. The molecule has 0 bridgehead atoms. The summed E-state index contributed by atoms with van der Waals surface area (Å²) in [6.07, 6.45) is 0.350. The molecule has 1 fully saturated rings. The highest BCUT2D eigenvalue weighted by atomic mass is 31.2. The minimum Gasteiger partial charge on any atom is -0.395 e. The molecule has 0 amide bonds. The van der Waals surface area contributed by atoms with Gasteiger partial charge >= 0.3 is 15.6 Å². The first-order chi connectivity index (χ1) is 20.0. The Labute approximate surface area is 239 Å². The quantitative estimate of drug-likeness (QED) is 0.134. The van der Waals surface area contributed by atoms with Crippen molar-refractivity contribution in [3.05, 3.63) is 121 Å². The largest absolute Gasteiger partial charge is 0.587 e. The van der Waals surface area contributed by atoms with Gasteiger partial charge in [0, 0.05) is 0 Å². The third-order valence-electron chi connectivity index (χ3n) is 5.87. The average molecular weight is 597 g/mol. The van der Waals surface area contributed by atoms with E-state index in [9.17, 15) is 9.13 Å². The molecule has 1 heterocycles. The van der Waals surface area contributed by atoms with E-state index in [-0.39, 0.29) is 13.2 Å². The number of para-hydroxylation sites is 4. The van der Waals surface area contributed by atoms with E-state index in [1.165, 1.54) is 0 Å². The van der Waals surface area contributed by atoms with E-state index in [0.717, 1.165) is 0 Å². The van der Waals surface area contributed by atoms with Crippen molar-refractivity contribution in [3.63, 3.8) is 0 Å². The smallest absolute Gasteiger partial charge is 0.395 e. The molecule has 214 valence electrons. The van der Waals surface area contributed by atoms with Gasteiger partial charge in [0.2, 0.25) is 0 Å². The van der Waals surface area contributed by atoms with Gasteiger partial charge in [-0.25, -0.2) is 9.13 Å². The summed E-state index contributed by atoms with van der Waals surface area (Å²) < 4.78 is 67.3. The molecule has 4 aromatic carbocycles. The zero-order valence-electron chi connectivity index (χ0n) is 22.1. The van der Waals surface area contributed by atoms with Gasteiger partial charge in [0.25, 0.3) is 0 Å². The molecular formula is C30H30O9P2. The molecular weight excluding hydrogens is 566 g/mol. The van der Waals surface area contributed by atoms with E-state index in [0.29, 0.717) is 35.8 Å². The number of hydrogen-bond acceptors (Lipinski definition) is 9. The highest BCUT2D eigenvalue weighted by Crippen LogP contribution is 2.51. The first-order valence-electron chi connectivity index (χ1n) is 13.1. The Morgan fingerprint density at radius 2 is 0.756 bits per heavy atom. The topological polar surface area (TPSA) is 98.8 Å². The van der Waals surface area contributed by atoms with Crippen LogP contribution < -0.4 is 18.1 Å². The summed E-state index contributed by atoms with van der Waals surface area (Å²) in [7, 11) is -8.10. The molecule has 0 saturated carbocycles. The Morgan fingerprint density at radius 3 is 1.02 bits per heavy atom. The lowest BCUT2D eigenvalue weighted by molar-refractivity contribution is -0.0101. The van der Waals surface area contributed by atoms with Crippen LogP contribution in [0.1, 0.15) is 12.8 Å². The van der Waals surface area contributed by atoms with Crippen molar-refractivity contribution in [2.75, 3.05) is 13.2 Å². The highest BCUT2D eigenvalue weighted by Gasteiger charge is 2.37. The van der Waals surface area contributed by atoms with Crippen molar-refractivity contribution in [2.24, 2.45) is 0 Å². The van der Waals surface area contributed by atoms with Crippen LogP contribution in [-0.4, -0.2) is 25.4 Å². The molecule has 41 heavy (non-hydrogen) atoms. The Bertz CT molecular complexity index is 1240. The van der Waals surface area contributed by atoms with Gasteiger partial charge in [-0.1, -0.05) is 72.8 Å². The van der Waals surface area contributed by atoms with Gasteiger partial charge in [0.15, 0.2) is 0 Å². The first-order valence-corrected chi connectivity index (χ1v) is 16.0. The molecule has 0 N–H and O–H groups in total. The van der Waals surface area contributed by atoms with Gasteiger partial charge in [0.05, 0.1) is 25.4 Å². The van der Waals surface area contributed by atoms with Crippen LogP contribution in [-0.2, 0) is 22.9 Å². The van der Waals surface area contributed by atoms with Crippen LogP contribution in [0.4, 0.5) is 0 Å². The minimum atomic E-state index is -4.05. The zero-order chi connectivity index (χ0) is 28.4. The fourth-order valence-electron chi connectivity index (χ4n) is 3.96. The zero-order valence-corrected chi connectivity index (χ0v) is 23.9. The number of ether oxygens (including phenoxy) is 1. The fourth-order valence-corrected chi connectivity index (χ4v) is 6.46. The summed E-state index contributed by atoms with van der Waals surface area (Å²) in [6.45, 7) is -0.0989. The van der Waals surface area contributed by atoms with Crippen LogP contribution in [0.3, 0.4) is 0 Å². The van der Waals surface area contributed by atoms with Gasteiger partial charge in [-0.15, -0.1) is 0 Å². The molecule has 4 aromatic rings. The predicted octanol–water partition coefficient (Wildman–Crippen LogP) is 8.10. The molecule has 2 unspecified atom stereocenters. The van der Waals surface area contributed by atoms with Gasteiger partial charge < -0.3 is 22.8 Å². The van der Waals surface area contributed by atoms with Crippen LogP contribution >= 0.6 is 15.6 Å². The summed E-state index contributed by atoms with van der Waals surface area (Å²) in [5, 5.41) is 0. The number of phosphoric ester groups is 2. The van der Waals surface area contributed by atoms with Gasteiger partial charge in [-0.2, -0.15) is 0 Å².